The van der Waals surface area contributed by atoms with E-state index in [1.807, 2.05) is 19.1 Å². The van der Waals surface area contributed by atoms with Gasteiger partial charge in [0.1, 0.15) is 0 Å². The Kier molecular flexibility index (Phi) is 5.87. The first-order valence-corrected chi connectivity index (χ1v) is 9.63. The van der Waals surface area contributed by atoms with Crippen LogP contribution in [0.4, 0.5) is 0 Å². The van der Waals surface area contributed by atoms with Crippen molar-refractivity contribution in [3.63, 3.8) is 0 Å². The molecule has 0 saturated carbocycles. The van der Waals surface area contributed by atoms with Crippen molar-refractivity contribution in [1.29, 1.82) is 0 Å². The molecule has 2 N–H and O–H groups in total. The van der Waals surface area contributed by atoms with E-state index in [1.165, 1.54) is 13.1 Å². The zero-order valence-electron chi connectivity index (χ0n) is 14.6. The summed E-state index contributed by atoms with van der Waals surface area (Å²) >= 11 is 5.98. The lowest BCUT2D eigenvalue weighted by Crippen LogP contribution is -2.27. The van der Waals surface area contributed by atoms with Gasteiger partial charge in [-0.1, -0.05) is 23.7 Å². The smallest absolute Gasteiger partial charge is 0.251 e. The molecule has 1 unspecified atom stereocenters. The van der Waals surface area contributed by atoms with Gasteiger partial charge >= 0.3 is 0 Å². The molecule has 134 valence electrons. The van der Waals surface area contributed by atoms with Gasteiger partial charge in [0.25, 0.3) is 5.91 Å². The van der Waals surface area contributed by atoms with Crippen molar-refractivity contribution in [1.82, 2.24) is 10.0 Å². The molecule has 0 aliphatic carbocycles. The average Bonchev–Trinajstić information content (AvgIpc) is 2.56. The van der Waals surface area contributed by atoms with Crippen LogP contribution in [-0.2, 0) is 10.0 Å². The van der Waals surface area contributed by atoms with Crippen LogP contribution in [0, 0.1) is 13.8 Å². The van der Waals surface area contributed by atoms with Crippen LogP contribution in [0.25, 0.3) is 0 Å². The lowest BCUT2D eigenvalue weighted by molar-refractivity contribution is 0.0939. The minimum absolute atomic E-state index is 0.107. The Morgan fingerprint density at radius 1 is 1.16 bits per heavy atom. The van der Waals surface area contributed by atoms with E-state index < -0.39 is 10.0 Å². The molecule has 0 spiro atoms. The quantitative estimate of drug-likeness (QED) is 0.835. The summed E-state index contributed by atoms with van der Waals surface area (Å²) in [5, 5.41) is 3.46. The van der Waals surface area contributed by atoms with Gasteiger partial charge in [0.2, 0.25) is 10.0 Å². The third-order valence-electron chi connectivity index (χ3n) is 4.14. The fraction of sp³-hybridized carbons (Fsp3) is 0.278. The first kappa shape index (κ1) is 19.4. The van der Waals surface area contributed by atoms with Crippen LogP contribution < -0.4 is 10.0 Å². The monoisotopic (exact) mass is 380 g/mol. The molecule has 5 nitrogen and oxygen atoms in total. The predicted molar refractivity (Wildman–Crippen MR) is 99.5 cm³/mol. The van der Waals surface area contributed by atoms with Crippen molar-refractivity contribution in [3.8, 4) is 0 Å². The van der Waals surface area contributed by atoms with E-state index in [2.05, 4.69) is 10.0 Å². The summed E-state index contributed by atoms with van der Waals surface area (Å²) in [6, 6.07) is 10.0. The van der Waals surface area contributed by atoms with E-state index in [0.717, 1.165) is 11.1 Å². The van der Waals surface area contributed by atoms with Crippen LogP contribution in [-0.4, -0.2) is 21.4 Å². The minimum atomic E-state index is -3.64. The molecule has 0 bridgehead atoms. The van der Waals surface area contributed by atoms with Crippen LogP contribution in [0.5, 0.6) is 0 Å². The van der Waals surface area contributed by atoms with Gasteiger partial charge in [-0.25, -0.2) is 13.1 Å². The Labute approximate surface area is 153 Å². The van der Waals surface area contributed by atoms with E-state index in [4.69, 9.17) is 11.6 Å². The Balaban J connectivity index is 2.34. The summed E-state index contributed by atoms with van der Waals surface area (Å²) < 4.78 is 26.6. The molecule has 2 aromatic carbocycles. The molecule has 0 radical (unpaired) electrons. The largest absolute Gasteiger partial charge is 0.346 e. The van der Waals surface area contributed by atoms with E-state index in [9.17, 15) is 13.2 Å². The minimum Gasteiger partial charge on any atom is -0.346 e. The van der Waals surface area contributed by atoms with Gasteiger partial charge in [0.15, 0.2) is 0 Å². The first-order chi connectivity index (χ1) is 11.7. The maximum Gasteiger partial charge on any atom is 0.251 e. The van der Waals surface area contributed by atoms with E-state index in [-0.39, 0.29) is 16.8 Å². The second-order valence-electron chi connectivity index (χ2n) is 5.87. The number of carbonyl (C=O) groups is 1. The molecule has 0 saturated heterocycles. The summed E-state index contributed by atoms with van der Waals surface area (Å²) in [4.78, 5) is 12.7. The van der Waals surface area contributed by atoms with Crippen LogP contribution in [0.1, 0.15) is 40.0 Å². The molecule has 1 amide bonds. The average molecular weight is 381 g/mol. The number of sulfonamides is 1. The van der Waals surface area contributed by atoms with E-state index >= 15 is 0 Å². The number of hydrogen-bond donors (Lipinski definition) is 2. The number of aryl methyl sites for hydroxylation is 1. The lowest BCUT2D eigenvalue weighted by Gasteiger charge is -2.16. The van der Waals surface area contributed by atoms with Crippen molar-refractivity contribution in [2.75, 3.05) is 7.05 Å². The van der Waals surface area contributed by atoms with Gasteiger partial charge in [-0.15, -0.1) is 0 Å². The molecular weight excluding hydrogens is 360 g/mol. The Morgan fingerprint density at radius 3 is 2.44 bits per heavy atom. The van der Waals surface area contributed by atoms with Crippen molar-refractivity contribution in [2.24, 2.45) is 0 Å². The topological polar surface area (TPSA) is 75.3 Å². The highest BCUT2D eigenvalue weighted by atomic mass is 35.5. The van der Waals surface area contributed by atoms with Gasteiger partial charge in [-0.2, -0.15) is 0 Å². The number of hydrogen-bond acceptors (Lipinski definition) is 3. The highest BCUT2D eigenvalue weighted by Crippen LogP contribution is 2.22. The standard InChI is InChI=1S/C18H21ClN2O3S/c1-11-8-15(10-17(12(11)2)25(23,24)20-4)18(22)21-13(3)14-6-5-7-16(19)9-14/h5-10,13,20H,1-4H3,(H,21,22). The number of benzene rings is 2. The predicted octanol–water partition coefficient (Wildman–Crippen LogP) is 3.36. The number of nitrogens with one attached hydrogen (secondary N) is 2. The third kappa shape index (κ3) is 4.39. The first-order valence-electron chi connectivity index (χ1n) is 7.77. The summed E-state index contributed by atoms with van der Waals surface area (Å²) in [7, 11) is -2.30. The lowest BCUT2D eigenvalue weighted by atomic mass is 10.0. The van der Waals surface area contributed by atoms with E-state index in [1.54, 1.807) is 32.0 Å². The molecule has 0 aliphatic rings. The van der Waals surface area contributed by atoms with Crippen molar-refractivity contribution in [2.45, 2.75) is 31.7 Å². The fourth-order valence-electron chi connectivity index (χ4n) is 2.49. The van der Waals surface area contributed by atoms with Crippen molar-refractivity contribution in [3.05, 3.63) is 63.7 Å². The molecule has 2 aromatic rings. The molecule has 2 rings (SSSR count). The number of halogens is 1. The third-order valence-corrected chi connectivity index (χ3v) is 5.91. The van der Waals surface area contributed by atoms with Gasteiger partial charge in [-0.05, 0) is 68.8 Å². The zero-order chi connectivity index (χ0) is 18.8. The summed E-state index contributed by atoms with van der Waals surface area (Å²) in [6.07, 6.45) is 0. The van der Waals surface area contributed by atoms with Gasteiger partial charge < -0.3 is 5.32 Å². The Hall–Kier alpha value is -1.89. The van der Waals surface area contributed by atoms with Crippen LogP contribution in [0.3, 0.4) is 0 Å². The molecule has 0 aromatic heterocycles. The van der Waals surface area contributed by atoms with E-state index in [0.29, 0.717) is 16.1 Å². The van der Waals surface area contributed by atoms with Gasteiger partial charge in [0.05, 0.1) is 10.9 Å². The normalized spacial score (nSPS) is 12.7. The molecule has 1 atom stereocenters. The number of carbonyl (C=O) groups excluding carboxylic acids is 1. The molecule has 7 heteroatoms. The highest BCUT2D eigenvalue weighted by molar-refractivity contribution is 7.89. The second kappa shape index (κ2) is 7.56. The fourth-order valence-corrected chi connectivity index (χ4v) is 3.75. The highest BCUT2D eigenvalue weighted by Gasteiger charge is 2.20. The van der Waals surface area contributed by atoms with Gasteiger partial charge in [-0.3, -0.25) is 4.79 Å². The molecule has 25 heavy (non-hydrogen) atoms. The van der Waals surface area contributed by atoms with Gasteiger partial charge in [0, 0.05) is 10.6 Å². The van der Waals surface area contributed by atoms with Crippen molar-refractivity contribution >= 4 is 27.5 Å². The Morgan fingerprint density at radius 2 is 1.84 bits per heavy atom. The summed E-state index contributed by atoms with van der Waals surface area (Å²) in [6.45, 7) is 5.34. The molecular formula is C18H21ClN2O3S. The Bertz CT molecular complexity index is 911. The molecule has 0 heterocycles. The molecule has 0 aliphatic heterocycles. The summed E-state index contributed by atoms with van der Waals surface area (Å²) in [5.41, 5.74) is 2.52. The van der Waals surface area contributed by atoms with Crippen LogP contribution >= 0.6 is 11.6 Å². The molecule has 0 fully saturated rings. The zero-order valence-corrected chi connectivity index (χ0v) is 16.1. The maximum atomic E-state index is 12.6. The van der Waals surface area contributed by atoms with Crippen LogP contribution in [0.2, 0.25) is 5.02 Å². The van der Waals surface area contributed by atoms with Crippen LogP contribution in [0.15, 0.2) is 41.3 Å². The number of rotatable bonds is 5. The number of amides is 1. The maximum absolute atomic E-state index is 12.6. The van der Waals surface area contributed by atoms with Crippen molar-refractivity contribution < 1.29 is 13.2 Å². The summed E-state index contributed by atoms with van der Waals surface area (Å²) in [5.74, 6) is -0.344. The SMILES string of the molecule is CNS(=O)(=O)c1cc(C(=O)NC(C)c2cccc(Cl)c2)cc(C)c1C. The second-order valence-corrected chi connectivity index (χ2v) is 8.17.